The molecule has 8 nitrogen and oxygen atoms in total. The second-order valence-electron chi connectivity index (χ2n) is 12.6. The van der Waals surface area contributed by atoms with Gasteiger partial charge in [-0.1, -0.05) is 69.5 Å². The summed E-state index contributed by atoms with van der Waals surface area (Å²) in [5.74, 6) is 0.651. The van der Waals surface area contributed by atoms with E-state index in [-0.39, 0.29) is 30.7 Å². The van der Waals surface area contributed by atoms with Gasteiger partial charge in [0, 0.05) is 5.57 Å². The highest BCUT2D eigenvalue weighted by Gasteiger charge is 2.25. The van der Waals surface area contributed by atoms with Gasteiger partial charge < -0.3 is 24.1 Å². The highest BCUT2D eigenvalue weighted by molar-refractivity contribution is 5.89. The van der Waals surface area contributed by atoms with Gasteiger partial charge in [0.05, 0.1) is 24.7 Å². The number of esters is 3. The fourth-order valence-electron chi connectivity index (χ4n) is 5.70. The Morgan fingerprint density at radius 1 is 0.771 bits per heavy atom. The predicted octanol–water partition coefficient (Wildman–Crippen LogP) is 7.84. The van der Waals surface area contributed by atoms with Gasteiger partial charge in [0.2, 0.25) is 0 Å². The number of aliphatic hydroxyl groups is 1. The third kappa shape index (κ3) is 10.2. The second kappa shape index (κ2) is 17.5. The van der Waals surface area contributed by atoms with Crippen molar-refractivity contribution in [1.29, 1.82) is 0 Å². The van der Waals surface area contributed by atoms with Crippen LogP contribution in [0.25, 0.3) is 22.3 Å². The minimum atomic E-state index is -0.640. The smallest absolute Gasteiger partial charge is 0.338 e. The molecular weight excluding hydrogens is 608 g/mol. The van der Waals surface area contributed by atoms with Crippen molar-refractivity contribution in [2.45, 2.75) is 58.8 Å². The van der Waals surface area contributed by atoms with E-state index in [4.69, 9.17) is 24.1 Å². The topological polar surface area (TPSA) is 108 Å². The second-order valence-corrected chi connectivity index (χ2v) is 12.6. The van der Waals surface area contributed by atoms with Crippen molar-refractivity contribution < 1.29 is 38.4 Å². The van der Waals surface area contributed by atoms with E-state index in [1.165, 1.54) is 5.56 Å². The molecule has 254 valence electrons. The van der Waals surface area contributed by atoms with Crippen molar-refractivity contribution in [2.75, 3.05) is 26.4 Å². The summed E-state index contributed by atoms with van der Waals surface area (Å²) in [7, 11) is 0. The molecule has 1 fully saturated rings. The Morgan fingerprint density at radius 3 is 1.98 bits per heavy atom. The molecule has 3 aromatic rings. The van der Waals surface area contributed by atoms with Crippen LogP contribution in [0.2, 0.25) is 0 Å². The van der Waals surface area contributed by atoms with Crippen LogP contribution in [0.4, 0.5) is 0 Å². The lowest BCUT2D eigenvalue weighted by molar-refractivity contribution is -0.147. The van der Waals surface area contributed by atoms with E-state index >= 15 is 0 Å². The summed E-state index contributed by atoms with van der Waals surface area (Å²) >= 11 is 0. The van der Waals surface area contributed by atoms with Crippen molar-refractivity contribution >= 4 is 17.9 Å². The van der Waals surface area contributed by atoms with Gasteiger partial charge in [-0.25, -0.2) is 9.59 Å². The van der Waals surface area contributed by atoms with E-state index in [9.17, 15) is 14.4 Å². The van der Waals surface area contributed by atoms with Crippen LogP contribution in [0.5, 0.6) is 11.5 Å². The number of carbonyl (C=O) groups is 3. The van der Waals surface area contributed by atoms with Gasteiger partial charge >= 0.3 is 17.9 Å². The Hall–Kier alpha value is -4.69. The minimum absolute atomic E-state index is 0.00227. The van der Waals surface area contributed by atoms with E-state index in [0.717, 1.165) is 54.4 Å². The van der Waals surface area contributed by atoms with E-state index in [1.54, 1.807) is 19.1 Å². The third-order valence-electron chi connectivity index (χ3n) is 8.56. The summed E-state index contributed by atoms with van der Waals surface area (Å²) in [6.07, 6.45) is 5.01. The largest absolute Gasteiger partial charge is 0.490 e. The minimum Gasteiger partial charge on any atom is -0.490 e. The lowest BCUT2D eigenvalue weighted by Crippen LogP contribution is -2.18. The number of aliphatic hydroxyl groups excluding tert-OH is 1. The fourth-order valence-corrected chi connectivity index (χ4v) is 5.70. The van der Waals surface area contributed by atoms with Crippen LogP contribution < -0.4 is 9.47 Å². The average Bonchev–Trinajstić information content (AvgIpc) is 3.10. The van der Waals surface area contributed by atoms with Gasteiger partial charge in [0.25, 0.3) is 0 Å². The van der Waals surface area contributed by atoms with Crippen LogP contribution in [0.15, 0.2) is 91.0 Å². The van der Waals surface area contributed by atoms with Crippen LogP contribution in [0, 0.1) is 11.8 Å². The summed E-state index contributed by atoms with van der Waals surface area (Å²) in [6.45, 7) is 12.6. The molecule has 0 amide bonds. The maximum absolute atomic E-state index is 11.9. The zero-order valence-corrected chi connectivity index (χ0v) is 28.2. The first-order valence-corrected chi connectivity index (χ1v) is 16.5. The summed E-state index contributed by atoms with van der Waals surface area (Å²) in [5.41, 5.74) is 5.82. The average molecular weight is 655 g/mol. The molecule has 1 N–H and O–H groups in total. The summed E-state index contributed by atoms with van der Waals surface area (Å²) in [5, 5.41) is 9.07. The molecule has 0 bridgehead atoms. The van der Waals surface area contributed by atoms with Crippen molar-refractivity contribution in [3.63, 3.8) is 0 Å². The molecule has 1 aliphatic carbocycles. The lowest BCUT2D eigenvalue weighted by Gasteiger charge is -2.30. The molecule has 48 heavy (non-hydrogen) atoms. The van der Waals surface area contributed by atoms with E-state index < -0.39 is 18.5 Å². The summed E-state index contributed by atoms with van der Waals surface area (Å²) in [4.78, 5) is 35.5. The first-order valence-electron chi connectivity index (χ1n) is 16.5. The Labute approximate surface area is 283 Å². The number of ether oxygens (including phenoxy) is 4. The molecule has 0 aliphatic heterocycles. The Bertz CT molecular complexity index is 1580. The molecule has 3 aromatic carbocycles. The maximum atomic E-state index is 11.9. The molecular formula is C40H46O8. The number of hydrogen-bond acceptors (Lipinski definition) is 8. The van der Waals surface area contributed by atoms with Crippen molar-refractivity contribution in [3.8, 4) is 33.8 Å². The molecule has 4 rings (SSSR count). The Morgan fingerprint density at radius 2 is 1.38 bits per heavy atom. The van der Waals surface area contributed by atoms with E-state index in [1.807, 2.05) is 32.0 Å². The van der Waals surface area contributed by atoms with Crippen LogP contribution >= 0.6 is 0 Å². The van der Waals surface area contributed by atoms with Gasteiger partial charge in [-0.15, -0.1) is 0 Å². The molecule has 0 aromatic heterocycles. The van der Waals surface area contributed by atoms with Gasteiger partial charge in [0.15, 0.2) is 0 Å². The first kappa shape index (κ1) is 36.2. The molecule has 0 atom stereocenters. The number of hydrogen-bond donors (Lipinski definition) is 1. The van der Waals surface area contributed by atoms with Crippen molar-refractivity contribution in [3.05, 3.63) is 96.6 Å². The zero-order valence-electron chi connectivity index (χ0n) is 28.2. The molecule has 1 saturated carbocycles. The molecule has 0 spiro atoms. The molecule has 0 heterocycles. The lowest BCUT2D eigenvalue weighted by atomic mass is 9.76. The van der Waals surface area contributed by atoms with Gasteiger partial charge in [-0.3, -0.25) is 4.79 Å². The molecule has 0 unspecified atom stereocenters. The molecule has 1 aliphatic rings. The normalized spacial score (nSPS) is 15.8. The van der Waals surface area contributed by atoms with Gasteiger partial charge in [-0.05, 0) is 103 Å². The van der Waals surface area contributed by atoms with Gasteiger partial charge in [0.1, 0.15) is 24.7 Å². The highest BCUT2D eigenvalue weighted by Crippen LogP contribution is 2.42. The van der Waals surface area contributed by atoms with Crippen LogP contribution in [0.1, 0.15) is 64.4 Å². The number of carbonyl (C=O) groups excluding carboxylic acids is 3. The zero-order chi connectivity index (χ0) is 34.6. The highest BCUT2D eigenvalue weighted by atomic mass is 16.6. The predicted molar refractivity (Wildman–Crippen MR) is 186 cm³/mol. The Kier molecular flexibility index (Phi) is 13.1. The monoisotopic (exact) mass is 654 g/mol. The quantitative estimate of drug-likeness (QED) is 0.0765. The molecule has 0 radical (unpaired) electrons. The van der Waals surface area contributed by atoms with E-state index in [0.29, 0.717) is 35.5 Å². The number of rotatable bonds is 15. The van der Waals surface area contributed by atoms with Crippen LogP contribution in [0.3, 0.4) is 0 Å². The van der Waals surface area contributed by atoms with Crippen LogP contribution in [-0.4, -0.2) is 49.4 Å². The van der Waals surface area contributed by atoms with Crippen LogP contribution in [-0.2, 0) is 23.9 Å². The first-order chi connectivity index (χ1) is 23.0. The number of benzene rings is 3. The summed E-state index contributed by atoms with van der Waals surface area (Å²) in [6, 6.07) is 21.9. The van der Waals surface area contributed by atoms with Crippen molar-refractivity contribution in [1.82, 2.24) is 0 Å². The SMILES string of the molecule is C=C(C)C(=O)Oc1ccc(-c2ccc(-c3ccc(OCCOC(=O)C(=C)CO)cc3C3CCC(CCOC(=O)C(C)C)CC3)cc2)cc1. The maximum Gasteiger partial charge on any atom is 0.338 e. The van der Waals surface area contributed by atoms with E-state index in [2.05, 4.69) is 49.6 Å². The van der Waals surface area contributed by atoms with Crippen molar-refractivity contribution in [2.24, 2.45) is 11.8 Å². The van der Waals surface area contributed by atoms with Gasteiger partial charge in [-0.2, -0.15) is 0 Å². The standard InChI is InChI=1S/C40H46O8/c1-26(2)38(42)46-21-20-29-6-8-33(9-7-29)37-24-35(45-22-23-47-40(44)28(5)25-41)18-19-36(37)32-12-10-30(11-13-32)31-14-16-34(17-15-31)48-39(43)27(3)4/h10-19,24,26,29,33,41H,3,5-9,20-23,25H2,1-2,4H3. The third-order valence-corrected chi connectivity index (χ3v) is 8.56. The Balaban J connectivity index is 1.48. The molecule has 0 saturated heterocycles. The summed E-state index contributed by atoms with van der Waals surface area (Å²) < 4.78 is 21.9. The fraction of sp³-hybridized carbons (Fsp3) is 0.375. The molecule has 8 heteroatoms.